The highest BCUT2D eigenvalue weighted by molar-refractivity contribution is 7.80. The number of nitrogens with one attached hydrogen (secondary N) is 1. The molecule has 1 amide bonds. The molecule has 2 rings (SSSR count). The van der Waals surface area contributed by atoms with Crippen LogP contribution in [0.5, 0.6) is 0 Å². The summed E-state index contributed by atoms with van der Waals surface area (Å²) in [6.07, 6.45) is 0. The van der Waals surface area contributed by atoms with Gasteiger partial charge >= 0.3 is 0 Å². The van der Waals surface area contributed by atoms with Crippen LogP contribution >= 0.6 is 24.2 Å². The minimum absolute atomic E-state index is 0.0378. The molecule has 0 saturated carbocycles. The SMILES string of the molecule is O=C(Nc1ccc(F)cc1Cl)c1cc(S)ccc1F. The molecular weight excluding hydrogens is 292 g/mol. The molecule has 19 heavy (non-hydrogen) atoms. The standard InChI is InChI=1S/C13H8ClF2NOS/c14-10-5-7(15)1-4-12(10)17-13(18)9-6-8(19)2-3-11(9)16/h1-6,19H,(H,17,18). The van der Waals surface area contributed by atoms with Gasteiger partial charge in [-0.15, -0.1) is 12.6 Å². The van der Waals surface area contributed by atoms with Crippen LogP contribution in [0.25, 0.3) is 0 Å². The molecule has 0 bridgehead atoms. The molecule has 0 aliphatic rings. The summed E-state index contributed by atoms with van der Waals surface area (Å²) in [5, 5.41) is 2.45. The zero-order valence-electron chi connectivity index (χ0n) is 9.45. The van der Waals surface area contributed by atoms with Gasteiger partial charge in [0.2, 0.25) is 0 Å². The smallest absolute Gasteiger partial charge is 0.258 e. The topological polar surface area (TPSA) is 29.1 Å². The van der Waals surface area contributed by atoms with Gasteiger partial charge in [-0.05, 0) is 36.4 Å². The molecular formula is C13H8ClF2NOS. The fourth-order valence-corrected chi connectivity index (χ4v) is 1.89. The van der Waals surface area contributed by atoms with Crippen molar-refractivity contribution in [3.8, 4) is 0 Å². The van der Waals surface area contributed by atoms with Gasteiger partial charge in [0.1, 0.15) is 11.6 Å². The summed E-state index contributed by atoms with van der Waals surface area (Å²) in [6, 6.07) is 7.38. The van der Waals surface area contributed by atoms with Gasteiger partial charge in [-0.3, -0.25) is 4.79 Å². The maximum Gasteiger partial charge on any atom is 0.258 e. The van der Waals surface area contributed by atoms with Crippen molar-refractivity contribution in [2.45, 2.75) is 4.90 Å². The molecule has 1 N–H and O–H groups in total. The van der Waals surface area contributed by atoms with Gasteiger partial charge in [-0.25, -0.2) is 8.78 Å². The predicted octanol–water partition coefficient (Wildman–Crippen LogP) is 4.16. The Morgan fingerprint density at radius 3 is 2.58 bits per heavy atom. The van der Waals surface area contributed by atoms with Gasteiger partial charge < -0.3 is 5.32 Å². The average Bonchev–Trinajstić information content (AvgIpc) is 2.35. The van der Waals surface area contributed by atoms with E-state index < -0.39 is 17.5 Å². The first-order valence-electron chi connectivity index (χ1n) is 5.22. The quantitative estimate of drug-likeness (QED) is 0.801. The Balaban J connectivity index is 2.28. The number of carbonyl (C=O) groups is 1. The maximum atomic E-state index is 13.5. The fraction of sp³-hybridized carbons (Fsp3) is 0. The monoisotopic (exact) mass is 299 g/mol. The summed E-state index contributed by atoms with van der Waals surface area (Å²) in [6.45, 7) is 0. The minimum atomic E-state index is -0.679. The number of amides is 1. The second kappa shape index (κ2) is 5.59. The predicted molar refractivity (Wildman–Crippen MR) is 73.0 cm³/mol. The number of thiol groups is 1. The Morgan fingerprint density at radius 2 is 1.89 bits per heavy atom. The number of hydrogen-bond acceptors (Lipinski definition) is 2. The summed E-state index contributed by atoms with van der Waals surface area (Å²) < 4.78 is 26.4. The lowest BCUT2D eigenvalue weighted by atomic mass is 10.2. The van der Waals surface area contributed by atoms with Crippen LogP contribution in [0, 0.1) is 11.6 Å². The third kappa shape index (κ3) is 3.24. The second-order valence-electron chi connectivity index (χ2n) is 3.74. The highest BCUT2D eigenvalue weighted by Gasteiger charge is 2.13. The van der Waals surface area contributed by atoms with Crippen molar-refractivity contribution in [2.75, 3.05) is 5.32 Å². The van der Waals surface area contributed by atoms with Gasteiger partial charge in [-0.1, -0.05) is 11.6 Å². The molecule has 0 spiro atoms. The van der Waals surface area contributed by atoms with Gasteiger partial charge in [0.05, 0.1) is 16.3 Å². The van der Waals surface area contributed by atoms with E-state index in [9.17, 15) is 13.6 Å². The van der Waals surface area contributed by atoms with Crippen molar-refractivity contribution in [3.63, 3.8) is 0 Å². The van der Waals surface area contributed by atoms with Gasteiger partial charge in [0.15, 0.2) is 0 Å². The fourth-order valence-electron chi connectivity index (χ4n) is 1.47. The molecule has 0 atom stereocenters. The third-order valence-corrected chi connectivity index (χ3v) is 2.96. The van der Waals surface area contributed by atoms with Crippen LogP contribution in [0.1, 0.15) is 10.4 Å². The van der Waals surface area contributed by atoms with E-state index in [4.69, 9.17) is 11.6 Å². The Morgan fingerprint density at radius 1 is 1.16 bits per heavy atom. The molecule has 2 nitrogen and oxygen atoms in total. The van der Waals surface area contributed by atoms with Crippen LogP contribution in [0.3, 0.4) is 0 Å². The average molecular weight is 300 g/mol. The normalized spacial score (nSPS) is 10.3. The first-order chi connectivity index (χ1) is 8.97. The molecule has 0 radical (unpaired) electrons. The molecule has 2 aromatic carbocycles. The highest BCUT2D eigenvalue weighted by atomic mass is 35.5. The third-order valence-electron chi connectivity index (χ3n) is 2.37. The van der Waals surface area contributed by atoms with E-state index in [-0.39, 0.29) is 16.3 Å². The van der Waals surface area contributed by atoms with Gasteiger partial charge in [0.25, 0.3) is 5.91 Å². The molecule has 0 saturated heterocycles. The number of hydrogen-bond donors (Lipinski definition) is 2. The molecule has 0 aromatic heterocycles. The van der Waals surface area contributed by atoms with E-state index in [2.05, 4.69) is 17.9 Å². The van der Waals surface area contributed by atoms with Crippen LogP contribution in [0.4, 0.5) is 14.5 Å². The van der Waals surface area contributed by atoms with Crippen molar-refractivity contribution in [2.24, 2.45) is 0 Å². The van der Waals surface area contributed by atoms with Crippen LogP contribution in [0.15, 0.2) is 41.3 Å². The molecule has 6 heteroatoms. The van der Waals surface area contributed by atoms with Crippen molar-refractivity contribution in [1.29, 1.82) is 0 Å². The molecule has 0 aliphatic heterocycles. The number of anilines is 1. The number of rotatable bonds is 2. The van der Waals surface area contributed by atoms with E-state index >= 15 is 0 Å². The van der Waals surface area contributed by atoms with Crippen molar-refractivity contribution < 1.29 is 13.6 Å². The van der Waals surface area contributed by atoms with Crippen LogP contribution in [0.2, 0.25) is 5.02 Å². The van der Waals surface area contributed by atoms with Gasteiger partial charge in [0, 0.05) is 4.90 Å². The van der Waals surface area contributed by atoms with E-state index in [0.29, 0.717) is 4.90 Å². The van der Waals surface area contributed by atoms with E-state index in [1.54, 1.807) is 0 Å². The number of halogens is 3. The Kier molecular flexibility index (Phi) is 4.07. The van der Waals surface area contributed by atoms with Gasteiger partial charge in [-0.2, -0.15) is 0 Å². The molecule has 0 fully saturated rings. The first kappa shape index (κ1) is 13.8. The molecule has 0 unspecified atom stereocenters. The largest absolute Gasteiger partial charge is 0.321 e. The number of carbonyl (C=O) groups excluding carboxylic acids is 1. The number of benzene rings is 2. The lowest BCUT2D eigenvalue weighted by Gasteiger charge is -2.08. The van der Waals surface area contributed by atoms with E-state index in [1.165, 1.54) is 18.2 Å². The molecule has 0 aliphatic carbocycles. The second-order valence-corrected chi connectivity index (χ2v) is 4.67. The zero-order chi connectivity index (χ0) is 14.0. The molecule has 2 aromatic rings. The van der Waals surface area contributed by atoms with Crippen molar-refractivity contribution in [1.82, 2.24) is 0 Å². The summed E-state index contributed by atoms with van der Waals surface area (Å²) in [4.78, 5) is 12.3. The zero-order valence-corrected chi connectivity index (χ0v) is 11.1. The molecule has 0 heterocycles. The Hall–Kier alpha value is -1.59. The van der Waals surface area contributed by atoms with E-state index in [0.717, 1.165) is 18.2 Å². The Bertz CT molecular complexity index is 649. The minimum Gasteiger partial charge on any atom is -0.321 e. The lowest BCUT2D eigenvalue weighted by molar-refractivity contribution is 0.102. The van der Waals surface area contributed by atoms with E-state index in [1.807, 2.05) is 0 Å². The van der Waals surface area contributed by atoms with Crippen molar-refractivity contribution >= 4 is 35.8 Å². The summed E-state index contributed by atoms with van der Waals surface area (Å²) in [5.74, 6) is -1.87. The highest BCUT2D eigenvalue weighted by Crippen LogP contribution is 2.23. The maximum absolute atomic E-state index is 13.5. The molecule has 98 valence electrons. The summed E-state index contributed by atoms with van der Waals surface area (Å²) >= 11 is 9.80. The van der Waals surface area contributed by atoms with Crippen molar-refractivity contribution in [3.05, 3.63) is 58.6 Å². The van der Waals surface area contributed by atoms with Crippen LogP contribution < -0.4 is 5.32 Å². The lowest BCUT2D eigenvalue weighted by Crippen LogP contribution is -2.14. The first-order valence-corrected chi connectivity index (χ1v) is 6.05. The Labute approximate surface area is 118 Å². The summed E-state index contributed by atoms with van der Waals surface area (Å²) in [7, 11) is 0. The van der Waals surface area contributed by atoms with Crippen LogP contribution in [-0.2, 0) is 0 Å². The van der Waals surface area contributed by atoms with Crippen LogP contribution in [-0.4, -0.2) is 5.91 Å². The summed E-state index contributed by atoms with van der Waals surface area (Å²) in [5.41, 5.74) is 0.0462.